The van der Waals surface area contributed by atoms with Gasteiger partial charge in [0.25, 0.3) is 5.91 Å². The van der Waals surface area contributed by atoms with Crippen LogP contribution in [0.25, 0.3) is 10.1 Å². The molecule has 1 fully saturated rings. The lowest BCUT2D eigenvalue weighted by Crippen LogP contribution is -2.30. The minimum absolute atomic E-state index is 0.137. The van der Waals surface area contributed by atoms with Gasteiger partial charge in [0.1, 0.15) is 0 Å². The van der Waals surface area contributed by atoms with E-state index in [0.717, 1.165) is 38.0 Å². The molecule has 136 valence electrons. The molecule has 0 unspecified atom stereocenters. The maximum Gasteiger partial charge on any atom is 0.273 e. The number of aromatic nitrogens is 3. The van der Waals surface area contributed by atoms with E-state index < -0.39 is 0 Å². The van der Waals surface area contributed by atoms with Crippen molar-refractivity contribution < 1.29 is 4.79 Å². The Hall–Kier alpha value is -2.25. The summed E-state index contributed by atoms with van der Waals surface area (Å²) in [6, 6.07) is 8.71. The molecule has 6 nitrogen and oxygen atoms in total. The highest BCUT2D eigenvalue weighted by Crippen LogP contribution is 2.25. The smallest absolute Gasteiger partial charge is 0.273 e. The van der Waals surface area contributed by atoms with Gasteiger partial charge in [-0.2, -0.15) is 0 Å². The molecule has 1 aliphatic rings. The molecule has 0 radical (unpaired) electrons. The number of carbonyl (C=O) groups is 1. The van der Waals surface area contributed by atoms with Crippen molar-refractivity contribution >= 4 is 27.3 Å². The SMILES string of the molecule is Cc1c(C(=O)NCCc2csc3ccccc23)nnn1C1CCNCC1. The largest absolute Gasteiger partial charge is 0.350 e. The Kier molecular flexibility index (Phi) is 4.99. The summed E-state index contributed by atoms with van der Waals surface area (Å²) < 4.78 is 3.21. The zero-order valence-electron chi connectivity index (χ0n) is 14.9. The number of fused-ring (bicyclic) bond motifs is 1. The first-order valence-corrected chi connectivity index (χ1v) is 9.98. The second-order valence-electron chi connectivity index (χ2n) is 6.71. The quantitative estimate of drug-likeness (QED) is 0.725. The van der Waals surface area contributed by atoms with Crippen LogP contribution in [0.15, 0.2) is 29.6 Å². The molecule has 7 heteroatoms. The van der Waals surface area contributed by atoms with Gasteiger partial charge in [0.05, 0.1) is 11.7 Å². The maximum atomic E-state index is 12.5. The molecule has 2 N–H and O–H groups in total. The van der Waals surface area contributed by atoms with E-state index in [1.165, 1.54) is 15.6 Å². The van der Waals surface area contributed by atoms with Crippen LogP contribution < -0.4 is 10.6 Å². The average molecular weight is 369 g/mol. The minimum atomic E-state index is -0.137. The van der Waals surface area contributed by atoms with Crippen LogP contribution in [0.2, 0.25) is 0 Å². The number of amides is 1. The standard InChI is InChI=1S/C19H23N5OS/c1-13-18(22-23-24(13)15-7-9-20-10-8-15)19(25)21-11-6-14-12-26-17-5-3-2-4-16(14)17/h2-5,12,15,20H,6-11H2,1H3,(H,21,25). The maximum absolute atomic E-state index is 12.5. The molecule has 3 aromatic rings. The van der Waals surface area contributed by atoms with Crippen LogP contribution in [0, 0.1) is 6.92 Å². The van der Waals surface area contributed by atoms with Gasteiger partial charge in [0.2, 0.25) is 0 Å². The molecule has 1 saturated heterocycles. The molecular weight excluding hydrogens is 346 g/mol. The first kappa shape index (κ1) is 17.2. The van der Waals surface area contributed by atoms with Crippen molar-refractivity contribution in [3.05, 3.63) is 46.6 Å². The number of rotatable bonds is 5. The number of thiophene rings is 1. The van der Waals surface area contributed by atoms with Gasteiger partial charge < -0.3 is 10.6 Å². The summed E-state index contributed by atoms with van der Waals surface area (Å²) in [6.45, 7) is 4.50. The Bertz CT molecular complexity index is 910. The zero-order chi connectivity index (χ0) is 17.9. The Balaban J connectivity index is 1.38. The highest BCUT2D eigenvalue weighted by Gasteiger charge is 2.22. The van der Waals surface area contributed by atoms with Gasteiger partial charge in [-0.1, -0.05) is 23.4 Å². The van der Waals surface area contributed by atoms with Gasteiger partial charge in [0.15, 0.2) is 5.69 Å². The van der Waals surface area contributed by atoms with E-state index in [2.05, 4.69) is 50.6 Å². The van der Waals surface area contributed by atoms with Crippen molar-refractivity contribution in [3.63, 3.8) is 0 Å². The molecule has 1 amide bonds. The highest BCUT2D eigenvalue weighted by molar-refractivity contribution is 7.17. The van der Waals surface area contributed by atoms with Crippen molar-refractivity contribution in [2.24, 2.45) is 0 Å². The van der Waals surface area contributed by atoms with Crippen LogP contribution in [0.5, 0.6) is 0 Å². The summed E-state index contributed by atoms with van der Waals surface area (Å²) in [7, 11) is 0. The van der Waals surface area contributed by atoms with Crippen molar-refractivity contribution in [2.75, 3.05) is 19.6 Å². The fourth-order valence-electron chi connectivity index (χ4n) is 3.57. The molecule has 0 bridgehead atoms. The Morgan fingerprint density at radius 2 is 2.15 bits per heavy atom. The fourth-order valence-corrected chi connectivity index (χ4v) is 4.57. The number of benzene rings is 1. The average Bonchev–Trinajstić information content (AvgIpc) is 3.26. The van der Waals surface area contributed by atoms with Crippen LogP contribution in [0.4, 0.5) is 0 Å². The van der Waals surface area contributed by atoms with Gasteiger partial charge in [-0.3, -0.25) is 4.79 Å². The lowest BCUT2D eigenvalue weighted by atomic mass is 10.1. The summed E-state index contributed by atoms with van der Waals surface area (Å²) in [5.41, 5.74) is 2.58. The van der Waals surface area contributed by atoms with Gasteiger partial charge in [-0.15, -0.1) is 16.4 Å². The lowest BCUT2D eigenvalue weighted by molar-refractivity contribution is 0.0948. The normalized spacial score (nSPS) is 15.4. The first-order chi connectivity index (χ1) is 12.7. The highest BCUT2D eigenvalue weighted by atomic mass is 32.1. The van der Waals surface area contributed by atoms with Crippen molar-refractivity contribution in [2.45, 2.75) is 32.2 Å². The van der Waals surface area contributed by atoms with E-state index in [9.17, 15) is 4.79 Å². The number of hydrogen-bond acceptors (Lipinski definition) is 5. The summed E-state index contributed by atoms with van der Waals surface area (Å²) >= 11 is 1.75. The third kappa shape index (κ3) is 3.37. The van der Waals surface area contributed by atoms with Crippen LogP contribution in [0.1, 0.15) is 40.6 Å². The molecule has 0 saturated carbocycles. The van der Waals surface area contributed by atoms with Crippen LogP contribution in [-0.4, -0.2) is 40.5 Å². The second-order valence-corrected chi connectivity index (χ2v) is 7.62. The number of nitrogens with zero attached hydrogens (tertiary/aromatic N) is 3. The van der Waals surface area contributed by atoms with E-state index in [4.69, 9.17) is 0 Å². The molecular formula is C19H23N5OS. The Labute approximate surface area is 156 Å². The number of nitrogens with one attached hydrogen (secondary N) is 2. The van der Waals surface area contributed by atoms with Gasteiger partial charge >= 0.3 is 0 Å². The molecule has 3 heterocycles. The van der Waals surface area contributed by atoms with E-state index in [1.807, 2.05) is 11.6 Å². The molecule has 1 aromatic carbocycles. The van der Waals surface area contributed by atoms with Gasteiger partial charge in [0, 0.05) is 11.2 Å². The summed E-state index contributed by atoms with van der Waals surface area (Å²) in [5.74, 6) is -0.137. The van der Waals surface area contributed by atoms with E-state index in [0.29, 0.717) is 18.3 Å². The Morgan fingerprint density at radius 3 is 3.00 bits per heavy atom. The van der Waals surface area contributed by atoms with Crippen LogP contribution >= 0.6 is 11.3 Å². The molecule has 0 aliphatic carbocycles. The van der Waals surface area contributed by atoms with Crippen LogP contribution in [-0.2, 0) is 6.42 Å². The van der Waals surface area contributed by atoms with Crippen molar-refractivity contribution in [1.82, 2.24) is 25.6 Å². The summed E-state index contributed by atoms with van der Waals surface area (Å²) in [5, 5.41) is 18.2. The zero-order valence-corrected chi connectivity index (χ0v) is 15.7. The summed E-state index contributed by atoms with van der Waals surface area (Å²) in [6.07, 6.45) is 2.87. The third-order valence-corrected chi connectivity index (χ3v) is 6.05. The molecule has 26 heavy (non-hydrogen) atoms. The van der Waals surface area contributed by atoms with Crippen LogP contribution in [0.3, 0.4) is 0 Å². The predicted octanol–water partition coefficient (Wildman–Crippen LogP) is 2.70. The van der Waals surface area contributed by atoms with E-state index in [-0.39, 0.29) is 5.91 Å². The molecule has 0 spiro atoms. The second kappa shape index (κ2) is 7.55. The third-order valence-electron chi connectivity index (χ3n) is 5.04. The van der Waals surface area contributed by atoms with Gasteiger partial charge in [-0.25, -0.2) is 4.68 Å². The number of hydrogen-bond donors (Lipinski definition) is 2. The Morgan fingerprint density at radius 1 is 1.35 bits per heavy atom. The lowest BCUT2D eigenvalue weighted by Gasteiger charge is -2.23. The monoisotopic (exact) mass is 369 g/mol. The fraction of sp³-hybridized carbons (Fsp3) is 0.421. The van der Waals surface area contributed by atoms with Crippen molar-refractivity contribution in [1.29, 1.82) is 0 Å². The predicted molar refractivity (Wildman–Crippen MR) is 104 cm³/mol. The molecule has 4 rings (SSSR count). The van der Waals surface area contributed by atoms with E-state index >= 15 is 0 Å². The number of carbonyl (C=O) groups excluding carboxylic acids is 1. The first-order valence-electron chi connectivity index (χ1n) is 9.10. The molecule has 2 aromatic heterocycles. The molecule has 0 atom stereocenters. The van der Waals surface area contributed by atoms with Gasteiger partial charge in [-0.05, 0) is 61.7 Å². The minimum Gasteiger partial charge on any atom is -0.350 e. The topological polar surface area (TPSA) is 71.8 Å². The van der Waals surface area contributed by atoms with E-state index in [1.54, 1.807) is 11.3 Å². The van der Waals surface area contributed by atoms with Crippen molar-refractivity contribution in [3.8, 4) is 0 Å². The number of piperidine rings is 1. The summed E-state index contributed by atoms with van der Waals surface area (Å²) in [4.78, 5) is 12.5. The molecule has 1 aliphatic heterocycles.